The summed E-state index contributed by atoms with van der Waals surface area (Å²) in [5.74, 6) is 0.949. The molecule has 2 rings (SSSR count). The SMILES string of the molecule is CCNCCN(CC)c1noc2cc(C)ccc12. The molecule has 0 unspecified atom stereocenters. The first-order valence-corrected chi connectivity index (χ1v) is 6.58. The molecule has 0 saturated carbocycles. The zero-order valence-electron chi connectivity index (χ0n) is 11.4. The summed E-state index contributed by atoms with van der Waals surface area (Å²) < 4.78 is 5.41. The van der Waals surface area contributed by atoms with Crippen LogP contribution in [0.1, 0.15) is 19.4 Å². The molecule has 0 amide bonds. The minimum Gasteiger partial charge on any atom is -0.354 e. The van der Waals surface area contributed by atoms with Gasteiger partial charge in [-0.05, 0) is 38.1 Å². The van der Waals surface area contributed by atoms with Crippen molar-refractivity contribution in [3.05, 3.63) is 23.8 Å². The van der Waals surface area contributed by atoms with Gasteiger partial charge in [0.15, 0.2) is 11.4 Å². The van der Waals surface area contributed by atoms with Crippen molar-refractivity contribution in [2.75, 3.05) is 31.1 Å². The van der Waals surface area contributed by atoms with Crippen molar-refractivity contribution in [1.29, 1.82) is 0 Å². The summed E-state index contributed by atoms with van der Waals surface area (Å²) in [6.45, 7) is 10.2. The molecule has 0 saturated heterocycles. The Morgan fingerprint density at radius 2 is 2.17 bits per heavy atom. The maximum atomic E-state index is 5.41. The molecule has 0 bridgehead atoms. The van der Waals surface area contributed by atoms with Crippen LogP contribution in [0.2, 0.25) is 0 Å². The zero-order valence-corrected chi connectivity index (χ0v) is 11.4. The highest BCUT2D eigenvalue weighted by molar-refractivity contribution is 5.88. The van der Waals surface area contributed by atoms with Crippen LogP contribution >= 0.6 is 0 Å². The van der Waals surface area contributed by atoms with Crippen molar-refractivity contribution < 1.29 is 4.52 Å². The van der Waals surface area contributed by atoms with Gasteiger partial charge in [-0.2, -0.15) is 0 Å². The maximum absolute atomic E-state index is 5.41. The summed E-state index contributed by atoms with van der Waals surface area (Å²) in [5, 5.41) is 8.64. The standard InChI is InChI=1S/C14H21N3O/c1-4-15-8-9-17(5-2)14-12-7-6-11(3)10-13(12)18-16-14/h6-7,10,15H,4-5,8-9H2,1-3H3. The van der Waals surface area contributed by atoms with Gasteiger partial charge in [-0.1, -0.05) is 18.1 Å². The Morgan fingerprint density at radius 1 is 1.33 bits per heavy atom. The number of hydrogen-bond donors (Lipinski definition) is 1. The largest absolute Gasteiger partial charge is 0.354 e. The van der Waals surface area contributed by atoms with Crippen molar-refractivity contribution in [3.8, 4) is 0 Å². The van der Waals surface area contributed by atoms with E-state index >= 15 is 0 Å². The average molecular weight is 247 g/mol. The number of benzene rings is 1. The number of rotatable bonds is 6. The van der Waals surface area contributed by atoms with E-state index in [4.69, 9.17) is 4.52 Å². The van der Waals surface area contributed by atoms with Crippen LogP contribution < -0.4 is 10.2 Å². The van der Waals surface area contributed by atoms with Gasteiger partial charge in [-0.3, -0.25) is 0 Å². The van der Waals surface area contributed by atoms with Gasteiger partial charge in [-0.15, -0.1) is 0 Å². The van der Waals surface area contributed by atoms with E-state index in [1.165, 1.54) is 5.56 Å². The molecule has 4 nitrogen and oxygen atoms in total. The monoisotopic (exact) mass is 247 g/mol. The van der Waals surface area contributed by atoms with Crippen molar-refractivity contribution in [2.45, 2.75) is 20.8 Å². The highest BCUT2D eigenvalue weighted by Crippen LogP contribution is 2.26. The highest BCUT2D eigenvalue weighted by atomic mass is 16.5. The first-order chi connectivity index (χ1) is 8.76. The second-order valence-electron chi connectivity index (χ2n) is 4.44. The number of anilines is 1. The van der Waals surface area contributed by atoms with Gasteiger partial charge in [0.25, 0.3) is 0 Å². The van der Waals surface area contributed by atoms with Gasteiger partial charge < -0.3 is 14.7 Å². The lowest BCUT2D eigenvalue weighted by Gasteiger charge is -2.20. The van der Waals surface area contributed by atoms with E-state index in [1.807, 2.05) is 6.07 Å². The summed E-state index contributed by atoms with van der Waals surface area (Å²) in [7, 11) is 0. The van der Waals surface area contributed by atoms with E-state index in [2.05, 4.69) is 48.3 Å². The van der Waals surface area contributed by atoms with Gasteiger partial charge >= 0.3 is 0 Å². The number of nitrogens with one attached hydrogen (secondary N) is 1. The quantitative estimate of drug-likeness (QED) is 0.797. The molecule has 0 aliphatic carbocycles. The second kappa shape index (κ2) is 5.87. The first-order valence-electron chi connectivity index (χ1n) is 6.58. The summed E-state index contributed by atoms with van der Waals surface area (Å²) in [6, 6.07) is 6.22. The Hall–Kier alpha value is -1.55. The number of hydrogen-bond acceptors (Lipinski definition) is 4. The molecule has 1 aromatic heterocycles. The highest BCUT2D eigenvalue weighted by Gasteiger charge is 2.13. The van der Waals surface area contributed by atoms with E-state index < -0.39 is 0 Å². The fourth-order valence-electron chi connectivity index (χ4n) is 2.06. The maximum Gasteiger partial charge on any atom is 0.179 e. The molecule has 0 aliphatic rings. The number of likely N-dealkylation sites (N-methyl/N-ethyl adjacent to an activating group) is 2. The molecule has 0 aliphatic heterocycles. The zero-order chi connectivity index (χ0) is 13.0. The molecular weight excluding hydrogens is 226 g/mol. The Bertz CT molecular complexity index is 507. The molecule has 0 fully saturated rings. The number of nitrogens with zero attached hydrogens (tertiary/aromatic N) is 2. The van der Waals surface area contributed by atoms with Gasteiger partial charge in [-0.25, -0.2) is 0 Å². The topological polar surface area (TPSA) is 41.3 Å². The fraction of sp³-hybridized carbons (Fsp3) is 0.500. The van der Waals surface area contributed by atoms with E-state index in [0.717, 1.165) is 43.0 Å². The Morgan fingerprint density at radius 3 is 2.89 bits per heavy atom. The minimum absolute atomic E-state index is 0.868. The minimum atomic E-state index is 0.868. The normalized spacial score (nSPS) is 11.1. The summed E-state index contributed by atoms with van der Waals surface area (Å²) >= 11 is 0. The number of aromatic nitrogens is 1. The van der Waals surface area contributed by atoms with Crippen LogP contribution in [-0.2, 0) is 0 Å². The van der Waals surface area contributed by atoms with Gasteiger partial charge in [0, 0.05) is 19.6 Å². The van der Waals surface area contributed by atoms with Crippen LogP contribution in [0.3, 0.4) is 0 Å². The number of aryl methyl sites for hydroxylation is 1. The van der Waals surface area contributed by atoms with Crippen LogP contribution in [0, 0.1) is 6.92 Å². The van der Waals surface area contributed by atoms with Crippen LogP contribution in [0.5, 0.6) is 0 Å². The molecule has 98 valence electrons. The third kappa shape index (κ3) is 2.64. The summed E-state index contributed by atoms with van der Waals surface area (Å²) in [4.78, 5) is 2.24. The van der Waals surface area contributed by atoms with Crippen LogP contribution in [0.25, 0.3) is 11.0 Å². The van der Waals surface area contributed by atoms with Crippen molar-refractivity contribution in [3.63, 3.8) is 0 Å². The molecule has 4 heteroatoms. The lowest BCUT2D eigenvalue weighted by atomic mass is 10.2. The first kappa shape index (κ1) is 12.9. The predicted octanol–water partition coefficient (Wildman–Crippen LogP) is 2.57. The Kier molecular flexibility index (Phi) is 4.20. The van der Waals surface area contributed by atoms with E-state index in [0.29, 0.717) is 0 Å². The van der Waals surface area contributed by atoms with E-state index in [1.54, 1.807) is 0 Å². The van der Waals surface area contributed by atoms with Gasteiger partial charge in [0.2, 0.25) is 0 Å². The third-order valence-corrected chi connectivity index (χ3v) is 3.10. The fourth-order valence-corrected chi connectivity index (χ4v) is 2.06. The summed E-state index contributed by atoms with van der Waals surface area (Å²) in [5.41, 5.74) is 2.06. The third-order valence-electron chi connectivity index (χ3n) is 3.10. The molecule has 1 aromatic carbocycles. The molecule has 0 spiro atoms. The summed E-state index contributed by atoms with van der Waals surface area (Å²) in [6.07, 6.45) is 0. The van der Waals surface area contributed by atoms with Gasteiger partial charge in [0.1, 0.15) is 0 Å². The average Bonchev–Trinajstić information content (AvgIpc) is 2.77. The Balaban J connectivity index is 2.22. The van der Waals surface area contributed by atoms with E-state index in [9.17, 15) is 0 Å². The molecule has 0 atom stereocenters. The van der Waals surface area contributed by atoms with Crippen LogP contribution in [0.15, 0.2) is 22.7 Å². The van der Waals surface area contributed by atoms with Crippen LogP contribution in [-0.4, -0.2) is 31.3 Å². The van der Waals surface area contributed by atoms with Crippen molar-refractivity contribution in [2.24, 2.45) is 0 Å². The lowest BCUT2D eigenvalue weighted by Crippen LogP contribution is -2.32. The van der Waals surface area contributed by atoms with Gasteiger partial charge in [0.05, 0.1) is 5.39 Å². The molecule has 18 heavy (non-hydrogen) atoms. The second-order valence-corrected chi connectivity index (χ2v) is 4.44. The predicted molar refractivity (Wildman–Crippen MR) is 75.2 cm³/mol. The Labute approximate surface area is 108 Å². The van der Waals surface area contributed by atoms with Crippen molar-refractivity contribution in [1.82, 2.24) is 10.5 Å². The smallest absolute Gasteiger partial charge is 0.179 e. The molecule has 2 aromatic rings. The van der Waals surface area contributed by atoms with Crippen molar-refractivity contribution >= 4 is 16.8 Å². The van der Waals surface area contributed by atoms with E-state index in [-0.39, 0.29) is 0 Å². The van der Waals surface area contributed by atoms with Crippen LogP contribution in [0.4, 0.5) is 5.82 Å². The molecule has 1 N–H and O–H groups in total. The molecular formula is C14H21N3O. The number of fused-ring (bicyclic) bond motifs is 1. The lowest BCUT2D eigenvalue weighted by molar-refractivity contribution is 0.454. The molecule has 1 heterocycles. The molecule has 0 radical (unpaired) electrons.